The van der Waals surface area contributed by atoms with Crippen LogP contribution in [0.5, 0.6) is 5.88 Å². The molecule has 4 N–H and O–H groups in total. The highest BCUT2D eigenvalue weighted by molar-refractivity contribution is 6.32. The van der Waals surface area contributed by atoms with E-state index in [2.05, 4.69) is 32.6 Å². The molecule has 34 heavy (non-hydrogen) atoms. The molecule has 0 saturated heterocycles. The first-order chi connectivity index (χ1) is 16.2. The number of nitrogen functional groups attached to an aromatic ring is 1. The van der Waals surface area contributed by atoms with E-state index < -0.39 is 11.8 Å². The van der Waals surface area contributed by atoms with Crippen LogP contribution in [0.4, 0.5) is 11.5 Å². The molecule has 8 nitrogen and oxygen atoms in total. The summed E-state index contributed by atoms with van der Waals surface area (Å²) in [6.45, 7) is 5.71. The van der Waals surface area contributed by atoms with Gasteiger partial charge in [0.25, 0.3) is 0 Å². The summed E-state index contributed by atoms with van der Waals surface area (Å²) in [5.41, 5.74) is 12.6. The highest BCUT2D eigenvalue weighted by Crippen LogP contribution is 2.42. The summed E-state index contributed by atoms with van der Waals surface area (Å²) >= 11 is 6.82. The molecule has 180 valence electrons. The van der Waals surface area contributed by atoms with E-state index in [0.29, 0.717) is 41.5 Å². The van der Waals surface area contributed by atoms with Gasteiger partial charge >= 0.3 is 0 Å². The molecule has 1 aromatic heterocycles. The molecule has 1 unspecified atom stereocenters. The van der Waals surface area contributed by atoms with Crippen LogP contribution in [0, 0.1) is 12.8 Å². The molecule has 1 saturated carbocycles. The van der Waals surface area contributed by atoms with Gasteiger partial charge in [0.15, 0.2) is 11.5 Å². The SMILES string of the molecule is Cc1nc(N)c2c(n1)OC(C)(C)C(c1ccc([C@H]3CC[C@H](CC4=NNC(O)C4)CC3)c(Cl)c1)=N2. The summed E-state index contributed by atoms with van der Waals surface area (Å²) in [7, 11) is 0. The van der Waals surface area contributed by atoms with Gasteiger partial charge in [0.05, 0.1) is 5.71 Å². The largest absolute Gasteiger partial charge is 0.463 e. The van der Waals surface area contributed by atoms with Crippen molar-refractivity contribution >= 4 is 34.5 Å². The molecule has 5 rings (SSSR count). The number of nitrogens with zero attached hydrogens (tertiary/aromatic N) is 4. The van der Waals surface area contributed by atoms with Gasteiger partial charge in [-0.2, -0.15) is 10.1 Å². The fourth-order valence-electron chi connectivity index (χ4n) is 5.31. The second kappa shape index (κ2) is 8.82. The van der Waals surface area contributed by atoms with Crippen molar-refractivity contribution in [1.82, 2.24) is 15.4 Å². The molecule has 1 fully saturated rings. The molecule has 0 amide bonds. The van der Waals surface area contributed by atoms with E-state index in [-0.39, 0.29) is 0 Å². The molecule has 2 aromatic rings. The van der Waals surface area contributed by atoms with Crippen molar-refractivity contribution in [2.24, 2.45) is 16.0 Å². The topological polar surface area (TPSA) is 118 Å². The lowest BCUT2D eigenvalue weighted by Gasteiger charge is -2.33. The lowest BCUT2D eigenvalue weighted by molar-refractivity contribution is 0.157. The van der Waals surface area contributed by atoms with Crippen molar-refractivity contribution in [2.45, 2.75) is 77.0 Å². The Balaban J connectivity index is 1.33. The molecule has 0 bridgehead atoms. The zero-order valence-corrected chi connectivity index (χ0v) is 20.6. The van der Waals surface area contributed by atoms with E-state index in [9.17, 15) is 5.11 Å². The normalized spacial score (nSPS) is 25.6. The number of aliphatic hydroxyl groups excluding tert-OH is 1. The van der Waals surface area contributed by atoms with Crippen LogP contribution >= 0.6 is 11.6 Å². The second-order valence-corrected chi connectivity index (χ2v) is 10.5. The van der Waals surface area contributed by atoms with E-state index in [0.717, 1.165) is 54.1 Å². The van der Waals surface area contributed by atoms with E-state index >= 15 is 0 Å². The highest BCUT2D eigenvalue weighted by atomic mass is 35.5. The number of fused-ring (bicyclic) bond motifs is 1. The molecule has 1 aromatic carbocycles. The summed E-state index contributed by atoms with van der Waals surface area (Å²) in [5, 5.41) is 14.6. The number of halogens is 1. The number of hydrogen-bond acceptors (Lipinski definition) is 8. The molecular weight excluding hydrogens is 452 g/mol. The van der Waals surface area contributed by atoms with Gasteiger partial charge in [0.1, 0.15) is 17.7 Å². The maximum absolute atomic E-state index is 9.60. The van der Waals surface area contributed by atoms with Gasteiger partial charge in [0, 0.05) is 22.7 Å². The molecule has 3 aliphatic rings. The number of aliphatic hydroxyl groups is 1. The first-order valence-electron chi connectivity index (χ1n) is 11.9. The molecule has 0 spiro atoms. The Labute approximate surface area is 204 Å². The van der Waals surface area contributed by atoms with Gasteiger partial charge in [-0.05, 0) is 76.3 Å². The number of nitrogens with one attached hydrogen (secondary N) is 1. The molecule has 9 heteroatoms. The van der Waals surface area contributed by atoms with Crippen LogP contribution in [0.25, 0.3) is 0 Å². The van der Waals surface area contributed by atoms with Crippen LogP contribution in [0.3, 0.4) is 0 Å². The molecule has 2 aliphatic heterocycles. The minimum Gasteiger partial charge on any atom is -0.463 e. The maximum Gasteiger partial charge on any atom is 0.246 e. The van der Waals surface area contributed by atoms with Gasteiger partial charge in [-0.15, -0.1) is 0 Å². The van der Waals surface area contributed by atoms with E-state index in [1.807, 2.05) is 19.9 Å². The third kappa shape index (κ3) is 4.49. The summed E-state index contributed by atoms with van der Waals surface area (Å²) < 4.78 is 6.17. The number of anilines is 1. The van der Waals surface area contributed by atoms with Gasteiger partial charge in [-0.1, -0.05) is 23.7 Å². The zero-order valence-electron chi connectivity index (χ0n) is 19.8. The molecule has 3 heterocycles. The third-order valence-corrected chi connectivity index (χ3v) is 7.35. The minimum absolute atomic E-state index is 0.309. The maximum atomic E-state index is 9.60. The number of hydrazone groups is 1. The van der Waals surface area contributed by atoms with E-state index in [1.165, 1.54) is 5.56 Å². The van der Waals surface area contributed by atoms with Gasteiger partial charge in [-0.25, -0.2) is 9.98 Å². The van der Waals surface area contributed by atoms with Crippen LogP contribution < -0.4 is 15.9 Å². The number of nitrogens with two attached hydrogens (primary N) is 1. The number of hydrogen-bond donors (Lipinski definition) is 3. The lowest BCUT2D eigenvalue weighted by atomic mass is 9.76. The van der Waals surface area contributed by atoms with Crippen molar-refractivity contribution in [3.63, 3.8) is 0 Å². The predicted molar refractivity (Wildman–Crippen MR) is 134 cm³/mol. The van der Waals surface area contributed by atoms with Crippen molar-refractivity contribution in [1.29, 1.82) is 0 Å². The standard InChI is InChI=1S/C25H31ClN6O2/c1-13-28-23(27)21-24(29-13)34-25(2,3)22(30-21)16-8-9-18(19(26)11-16)15-6-4-14(5-7-15)10-17-12-20(33)32-31-17/h8-9,11,14-15,20,32-33H,4-7,10,12H2,1-3H3,(H2,27,28,29)/t14-,15-,20?. The average molecular weight is 483 g/mol. The summed E-state index contributed by atoms with van der Waals surface area (Å²) in [4.78, 5) is 13.4. The number of aromatic nitrogens is 2. The number of benzene rings is 1. The lowest BCUT2D eigenvalue weighted by Crippen LogP contribution is -2.41. The van der Waals surface area contributed by atoms with Crippen molar-refractivity contribution < 1.29 is 9.84 Å². The van der Waals surface area contributed by atoms with Crippen molar-refractivity contribution in [3.05, 3.63) is 40.2 Å². The Bertz CT molecular complexity index is 1170. The fraction of sp³-hybridized carbons (Fsp3) is 0.520. The summed E-state index contributed by atoms with van der Waals surface area (Å²) in [6.07, 6.45) is 5.56. The Hall–Kier alpha value is -2.71. The fourth-order valence-corrected chi connectivity index (χ4v) is 5.65. The number of ether oxygens (including phenoxy) is 1. The first kappa shape index (κ1) is 23.1. The Kier molecular flexibility index (Phi) is 5.98. The molecule has 1 aliphatic carbocycles. The molecular formula is C25H31ClN6O2. The zero-order chi connectivity index (χ0) is 24.0. The highest BCUT2D eigenvalue weighted by Gasteiger charge is 2.36. The Morgan fingerprint density at radius 3 is 2.65 bits per heavy atom. The molecule has 0 radical (unpaired) electrons. The quantitative estimate of drug-likeness (QED) is 0.584. The van der Waals surface area contributed by atoms with Gasteiger partial charge in [-0.3, -0.25) is 5.43 Å². The number of rotatable bonds is 4. The van der Waals surface area contributed by atoms with Crippen LogP contribution in [-0.2, 0) is 0 Å². The van der Waals surface area contributed by atoms with Crippen LogP contribution in [-0.4, -0.2) is 38.3 Å². The van der Waals surface area contributed by atoms with Crippen molar-refractivity contribution in [3.8, 4) is 5.88 Å². The summed E-state index contributed by atoms with van der Waals surface area (Å²) in [6, 6.07) is 6.20. The van der Waals surface area contributed by atoms with E-state index in [4.69, 9.17) is 27.1 Å². The van der Waals surface area contributed by atoms with Gasteiger partial charge < -0.3 is 15.6 Å². The average Bonchev–Trinajstić information content (AvgIpc) is 3.17. The van der Waals surface area contributed by atoms with Gasteiger partial charge in [0.2, 0.25) is 5.88 Å². The first-order valence-corrected chi connectivity index (χ1v) is 12.3. The smallest absolute Gasteiger partial charge is 0.246 e. The predicted octanol–water partition coefficient (Wildman–Crippen LogP) is 4.64. The number of aliphatic imine (C=N–C) groups is 1. The Morgan fingerprint density at radius 1 is 1.21 bits per heavy atom. The monoisotopic (exact) mass is 482 g/mol. The van der Waals surface area contributed by atoms with Crippen LogP contribution in [0.15, 0.2) is 28.3 Å². The summed E-state index contributed by atoms with van der Waals surface area (Å²) in [5.74, 6) is 2.33. The Morgan fingerprint density at radius 2 is 1.97 bits per heavy atom. The van der Waals surface area contributed by atoms with Crippen LogP contribution in [0.2, 0.25) is 5.02 Å². The van der Waals surface area contributed by atoms with Crippen molar-refractivity contribution in [2.75, 3.05) is 5.73 Å². The third-order valence-electron chi connectivity index (χ3n) is 7.02. The minimum atomic E-state index is -0.686. The van der Waals surface area contributed by atoms with Crippen LogP contribution in [0.1, 0.15) is 75.2 Å². The second-order valence-electron chi connectivity index (χ2n) is 10.1. The van der Waals surface area contributed by atoms with E-state index in [1.54, 1.807) is 6.92 Å². The number of aryl methyl sites for hydroxylation is 1. The molecule has 1 atom stereocenters.